The van der Waals surface area contributed by atoms with Gasteiger partial charge in [-0.1, -0.05) is 22.0 Å². The average Bonchev–Trinajstić information content (AvgIpc) is 2.27. The second kappa shape index (κ2) is 7.12. The van der Waals surface area contributed by atoms with Gasteiger partial charge in [0, 0.05) is 29.8 Å². The van der Waals surface area contributed by atoms with Crippen molar-refractivity contribution in [1.29, 1.82) is 0 Å². The van der Waals surface area contributed by atoms with Gasteiger partial charge in [-0.15, -0.1) is 0 Å². The van der Waals surface area contributed by atoms with Gasteiger partial charge in [-0.3, -0.25) is 0 Å². The number of anilines is 1. The third kappa shape index (κ3) is 4.59. The van der Waals surface area contributed by atoms with Gasteiger partial charge < -0.3 is 15.5 Å². The number of hydrogen-bond donors (Lipinski definition) is 1. The largest absolute Gasteiger partial charge is 0.375 e. The molecule has 3 nitrogen and oxygen atoms in total. The first-order chi connectivity index (χ1) is 8.41. The van der Waals surface area contributed by atoms with E-state index in [1.54, 1.807) is 0 Å². The molecule has 0 aromatic heterocycles. The second-order valence-electron chi connectivity index (χ2n) is 5.07. The molecule has 1 aromatic carbocycles. The van der Waals surface area contributed by atoms with Crippen LogP contribution in [-0.2, 0) is 0 Å². The van der Waals surface area contributed by atoms with Crippen LogP contribution in [0, 0.1) is 0 Å². The van der Waals surface area contributed by atoms with Crippen molar-refractivity contribution in [2.24, 2.45) is 5.73 Å². The summed E-state index contributed by atoms with van der Waals surface area (Å²) in [6.45, 7) is 4.17. The molecule has 1 atom stereocenters. The molecule has 18 heavy (non-hydrogen) atoms. The molecule has 1 aromatic rings. The van der Waals surface area contributed by atoms with Gasteiger partial charge in [0.05, 0.1) is 0 Å². The summed E-state index contributed by atoms with van der Waals surface area (Å²) in [5.41, 5.74) is 8.29. The van der Waals surface area contributed by atoms with Gasteiger partial charge in [-0.2, -0.15) is 0 Å². The molecule has 4 heteroatoms. The molecule has 0 spiro atoms. The Morgan fingerprint density at radius 3 is 2.39 bits per heavy atom. The topological polar surface area (TPSA) is 32.5 Å². The molecule has 2 N–H and O–H groups in total. The van der Waals surface area contributed by atoms with E-state index in [1.807, 2.05) is 6.92 Å². The van der Waals surface area contributed by atoms with Crippen molar-refractivity contribution in [3.8, 4) is 0 Å². The predicted molar refractivity (Wildman–Crippen MR) is 83.2 cm³/mol. The van der Waals surface area contributed by atoms with Crippen LogP contribution in [0.3, 0.4) is 0 Å². The number of hydrogen-bond acceptors (Lipinski definition) is 3. The van der Waals surface area contributed by atoms with Gasteiger partial charge in [-0.25, -0.2) is 0 Å². The summed E-state index contributed by atoms with van der Waals surface area (Å²) < 4.78 is 1.09. The lowest BCUT2D eigenvalue weighted by Crippen LogP contribution is -2.23. The Morgan fingerprint density at radius 1 is 1.22 bits per heavy atom. The molecule has 0 saturated carbocycles. The van der Waals surface area contributed by atoms with Crippen LogP contribution in [0.25, 0.3) is 0 Å². The monoisotopic (exact) mass is 313 g/mol. The van der Waals surface area contributed by atoms with Crippen LogP contribution >= 0.6 is 15.9 Å². The van der Waals surface area contributed by atoms with Crippen molar-refractivity contribution in [3.05, 3.63) is 28.2 Å². The molecular weight excluding hydrogens is 290 g/mol. The van der Waals surface area contributed by atoms with Crippen molar-refractivity contribution in [2.75, 3.05) is 39.1 Å². The maximum absolute atomic E-state index is 5.91. The fraction of sp³-hybridized carbons (Fsp3) is 0.571. The van der Waals surface area contributed by atoms with Crippen molar-refractivity contribution < 1.29 is 0 Å². The van der Waals surface area contributed by atoms with Crippen LogP contribution in [0.5, 0.6) is 0 Å². The maximum Gasteiger partial charge on any atom is 0.0375 e. The van der Waals surface area contributed by atoms with E-state index in [2.05, 4.69) is 65.1 Å². The summed E-state index contributed by atoms with van der Waals surface area (Å²) in [5.74, 6) is 0. The Kier molecular flexibility index (Phi) is 6.12. The second-order valence-corrected chi connectivity index (χ2v) is 5.93. The lowest BCUT2D eigenvalue weighted by molar-refractivity contribution is 0.401. The molecule has 0 aliphatic heterocycles. The molecule has 0 unspecified atom stereocenters. The minimum absolute atomic E-state index is 0.0625. The quantitative estimate of drug-likeness (QED) is 0.876. The summed E-state index contributed by atoms with van der Waals surface area (Å²) in [4.78, 5) is 4.49. The van der Waals surface area contributed by atoms with Crippen LogP contribution in [-0.4, -0.2) is 39.1 Å². The van der Waals surface area contributed by atoms with E-state index in [0.29, 0.717) is 0 Å². The highest BCUT2D eigenvalue weighted by Crippen LogP contribution is 2.27. The zero-order chi connectivity index (χ0) is 13.7. The first-order valence-corrected chi connectivity index (χ1v) is 7.12. The molecule has 0 bridgehead atoms. The van der Waals surface area contributed by atoms with Gasteiger partial charge in [0.15, 0.2) is 0 Å². The zero-order valence-electron chi connectivity index (χ0n) is 11.8. The number of halogens is 1. The van der Waals surface area contributed by atoms with Crippen LogP contribution in [0.1, 0.15) is 24.9 Å². The standard InChI is InChI=1S/C14H24BrN3/c1-11(16)13-7-6-12(10-14(13)15)18(4)9-5-8-17(2)3/h6-7,10-11H,5,8-9,16H2,1-4H3/t11-/m0/s1. The average molecular weight is 314 g/mol. The Labute approximate surface area is 119 Å². The van der Waals surface area contributed by atoms with Crippen molar-refractivity contribution in [1.82, 2.24) is 4.90 Å². The van der Waals surface area contributed by atoms with E-state index in [-0.39, 0.29) is 6.04 Å². The SMILES string of the molecule is C[C@H](N)c1ccc(N(C)CCCN(C)C)cc1Br. The number of benzene rings is 1. The zero-order valence-corrected chi connectivity index (χ0v) is 13.4. The summed E-state index contributed by atoms with van der Waals surface area (Å²) in [6, 6.07) is 6.45. The van der Waals surface area contributed by atoms with Gasteiger partial charge in [-0.05, 0) is 51.7 Å². The Bertz CT molecular complexity index is 377. The lowest BCUT2D eigenvalue weighted by atomic mass is 10.1. The number of nitrogens with two attached hydrogens (primary N) is 1. The van der Waals surface area contributed by atoms with Crippen LogP contribution in [0.2, 0.25) is 0 Å². The first-order valence-electron chi connectivity index (χ1n) is 6.32. The van der Waals surface area contributed by atoms with E-state index in [1.165, 1.54) is 5.69 Å². The molecular formula is C14H24BrN3. The fourth-order valence-electron chi connectivity index (χ4n) is 1.88. The molecule has 0 saturated heterocycles. The van der Waals surface area contributed by atoms with Crippen molar-refractivity contribution in [3.63, 3.8) is 0 Å². The van der Waals surface area contributed by atoms with E-state index < -0.39 is 0 Å². The number of rotatable bonds is 6. The minimum atomic E-state index is 0.0625. The molecule has 0 aliphatic rings. The van der Waals surface area contributed by atoms with E-state index >= 15 is 0 Å². The normalized spacial score (nSPS) is 12.8. The molecule has 0 amide bonds. The summed E-state index contributed by atoms with van der Waals surface area (Å²) >= 11 is 3.59. The first kappa shape index (κ1) is 15.5. The van der Waals surface area contributed by atoms with Gasteiger partial charge >= 0.3 is 0 Å². The predicted octanol–water partition coefficient (Wildman–Crippen LogP) is 2.86. The summed E-state index contributed by atoms with van der Waals surface area (Å²) in [7, 11) is 6.34. The Balaban J connectivity index is 2.63. The summed E-state index contributed by atoms with van der Waals surface area (Å²) in [5, 5.41) is 0. The van der Waals surface area contributed by atoms with Crippen molar-refractivity contribution in [2.45, 2.75) is 19.4 Å². The number of nitrogens with zero attached hydrogens (tertiary/aromatic N) is 2. The van der Waals surface area contributed by atoms with Gasteiger partial charge in [0.1, 0.15) is 0 Å². The highest BCUT2D eigenvalue weighted by Gasteiger charge is 2.08. The maximum atomic E-state index is 5.91. The highest BCUT2D eigenvalue weighted by molar-refractivity contribution is 9.10. The smallest absolute Gasteiger partial charge is 0.0375 e. The molecule has 1 rings (SSSR count). The van der Waals surface area contributed by atoms with Gasteiger partial charge in [0.2, 0.25) is 0 Å². The molecule has 0 aliphatic carbocycles. The van der Waals surface area contributed by atoms with E-state index in [0.717, 1.165) is 29.5 Å². The molecule has 0 fully saturated rings. The fourth-order valence-corrected chi connectivity index (χ4v) is 2.60. The Morgan fingerprint density at radius 2 is 1.89 bits per heavy atom. The third-order valence-electron chi connectivity index (χ3n) is 3.01. The van der Waals surface area contributed by atoms with Crippen LogP contribution in [0.4, 0.5) is 5.69 Å². The van der Waals surface area contributed by atoms with Crippen LogP contribution < -0.4 is 10.6 Å². The minimum Gasteiger partial charge on any atom is -0.375 e. The van der Waals surface area contributed by atoms with Crippen LogP contribution in [0.15, 0.2) is 22.7 Å². The third-order valence-corrected chi connectivity index (χ3v) is 3.70. The van der Waals surface area contributed by atoms with Crippen molar-refractivity contribution >= 4 is 21.6 Å². The molecule has 0 heterocycles. The summed E-state index contributed by atoms with van der Waals surface area (Å²) in [6.07, 6.45) is 1.16. The van der Waals surface area contributed by atoms with E-state index in [4.69, 9.17) is 5.73 Å². The van der Waals surface area contributed by atoms with Gasteiger partial charge in [0.25, 0.3) is 0 Å². The highest BCUT2D eigenvalue weighted by atomic mass is 79.9. The molecule has 0 radical (unpaired) electrons. The Hall–Kier alpha value is -0.580. The lowest BCUT2D eigenvalue weighted by Gasteiger charge is -2.22. The molecule has 102 valence electrons. The van der Waals surface area contributed by atoms with E-state index in [9.17, 15) is 0 Å².